The van der Waals surface area contributed by atoms with Crippen molar-refractivity contribution >= 4 is 35.7 Å². The molecule has 4 amide bonds. The highest BCUT2D eigenvalue weighted by Crippen LogP contribution is 2.08. The van der Waals surface area contributed by atoms with Gasteiger partial charge in [0.05, 0.1) is 0 Å². The molecule has 7 N–H and O–H groups in total. The summed E-state index contributed by atoms with van der Waals surface area (Å²) in [7, 11) is 0. The van der Waals surface area contributed by atoms with Crippen LogP contribution in [0.15, 0.2) is 24.3 Å². The van der Waals surface area contributed by atoms with Crippen LogP contribution in [0.2, 0.25) is 0 Å². The number of amides is 4. The molecule has 0 saturated carbocycles. The van der Waals surface area contributed by atoms with Gasteiger partial charge in [0.1, 0.15) is 12.6 Å². The molecule has 1 rings (SSSR count). The van der Waals surface area contributed by atoms with E-state index in [2.05, 4.69) is 16.0 Å². The maximum Gasteiger partial charge on any atom is 0.326 e. The zero-order valence-corrected chi connectivity index (χ0v) is 20.0. The Labute approximate surface area is 199 Å². The SMILES string of the molecule is CC.CCC(=O)O.Cc1ccc(NC(=O)NCCCCC(NC(=O)NCC(=O)O)C(=O)O)cc1. The van der Waals surface area contributed by atoms with Gasteiger partial charge in [0.15, 0.2) is 0 Å². The smallest absolute Gasteiger partial charge is 0.326 e. The molecule has 12 heteroatoms. The van der Waals surface area contributed by atoms with Crippen molar-refractivity contribution in [2.75, 3.05) is 18.4 Å². The van der Waals surface area contributed by atoms with Crippen molar-refractivity contribution in [2.45, 2.75) is 59.4 Å². The van der Waals surface area contributed by atoms with Crippen LogP contribution in [0.5, 0.6) is 0 Å². The predicted molar refractivity (Wildman–Crippen MR) is 127 cm³/mol. The average Bonchev–Trinajstić information content (AvgIpc) is 2.79. The molecular weight excluding hydrogens is 448 g/mol. The lowest BCUT2D eigenvalue weighted by molar-refractivity contribution is -0.139. The monoisotopic (exact) mass is 484 g/mol. The molecule has 1 aromatic rings. The summed E-state index contributed by atoms with van der Waals surface area (Å²) in [6.45, 7) is 7.29. The lowest BCUT2D eigenvalue weighted by atomic mass is 10.1. The first-order valence-corrected chi connectivity index (χ1v) is 10.9. The van der Waals surface area contributed by atoms with E-state index < -0.39 is 36.5 Å². The van der Waals surface area contributed by atoms with E-state index >= 15 is 0 Å². The van der Waals surface area contributed by atoms with E-state index in [9.17, 15) is 24.0 Å². The van der Waals surface area contributed by atoms with Crippen molar-refractivity contribution in [3.05, 3.63) is 29.8 Å². The van der Waals surface area contributed by atoms with E-state index in [1.807, 2.05) is 38.2 Å². The van der Waals surface area contributed by atoms with Crippen molar-refractivity contribution in [3.63, 3.8) is 0 Å². The second-order valence-corrected chi connectivity index (χ2v) is 6.60. The molecule has 1 aromatic carbocycles. The molecule has 0 aliphatic heterocycles. The molecule has 0 heterocycles. The number of hydrogen-bond donors (Lipinski definition) is 7. The third-order valence-corrected chi connectivity index (χ3v) is 3.82. The fourth-order valence-corrected chi connectivity index (χ4v) is 2.11. The van der Waals surface area contributed by atoms with Gasteiger partial charge in [0.2, 0.25) is 0 Å². The Morgan fingerprint density at radius 3 is 1.88 bits per heavy atom. The minimum absolute atomic E-state index is 0.150. The van der Waals surface area contributed by atoms with Gasteiger partial charge >= 0.3 is 30.0 Å². The van der Waals surface area contributed by atoms with Gasteiger partial charge in [-0.05, 0) is 38.3 Å². The summed E-state index contributed by atoms with van der Waals surface area (Å²) < 4.78 is 0. The molecule has 1 atom stereocenters. The first-order chi connectivity index (χ1) is 16.0. The molecule has 0 aliphatic carbocycles. The van der Waals surface area contributed by atoms with Crippen molar-refractivity contribution in [3.8, 4) is 0 Å². The lowest BCUT2D eigenvalue weighted by Gasteiger charge is -2.14. The van der Waals surface area contributed by atoms with E-state index in [0.29, 0.717) is 25.1 Å². The van der Waals surface area contributed by atoms with Gasteiger partial charge in [-0.2, -0.15) is 0 Å². The number of aliphatic carboxylic acids is 3. The zero-order chi connectivity index (χ0) is 26.5. The standard InChI is InChI=1S/C17H24N4O6.C3H6O2.C2H6/c1-11-5-7-12(8-6-11)20-16(26)18-9-3-2-4-13(15(24)25)21-17(27)19-10-14(22)23;1-2-3(4)5;1-2/h5-8,13H,2-4,9-10H2,1H3,(H,22,23)(H,24,25)(H2,18,20,26)(H2,19,21,27);2H2,1H3,(H,4,5);1-2H3. The number of carbonyl (C=O) groups excluding carboxylic acids is 2. The molecular formula is C22H36N4O8. The van der Waals surface area contributed by atoms with Crippen LogP contribution in [0.25, 0.3) is 0 Å². The maximum atomic E-state index is 11.7. The Hall–Kier alpha value is -3.83. The van der Waals surface area contributed by atoms with E-state index in [1.54, 1.807) is 19.1 Å². The molecule has 34 heavy (non-hydrogen) atoms. The number of nitrogens with one attached hydrogen (secondary N) is 4. The number of urea groups is 2. The van der Waals surface area contributed by atoms with E-state index in [-0.39, 0.29) is 18.9 Å². The largest absolute Gasteiger partial charge is 0.481 e. The molecule has 0 spiro atoms. The second-order valence-electron chi connectivity index (χ2n) is 6.60. The van der Waals surface area contributed by atoms with Crippen LogP contribution >= 0.6 is 0 Å². The van der Waals surface area contributed by atoms with E-state index in [1.165, 1.54) is 0 Å². The van der Waals surface area contributed by atoms with Crippen LogP contribution in [0, 0.1) is 6.92 Å². The maximum absolute atomic E-state index is 11.7. The lowest BCUT2D eigenvalue weighted by Crippen LogP contribution is -2.47. The van der Waals surface area contributed by atoms with Crippen LogP contribution in [-0.4, -0.2) is 64.4 Å². The molecule has 1 unspecified atom stereocenters. The van der Waals surface area contributed by atoms with E-state index in [0.717, 1.165) is 5.56 Å². The number of rotatable bonds is 11. The van der Waals surface area contributed by atoms with Gasteiger partial charge < -0.3 is 36.6 Å². The van der Waals surface area contributed by atoms with Crippen LogP contribution in [0.3, 0.4) is 0 Å². The molecule has 0 radical (unpaired) electrons. The van der Waals surface area contributed by atoms with Crippen LogP contribution in [0.1, 0.15) is 52.0 Å². The summed E-state index contributed by atoms with van der Waals surface area (Å²) in [5.74, 6) is -3.19. The zero-order valence-electron chi connectivity index (χ0n) is 20.0. The number of unbranched alkanes of at least 4 members (excludes halogenated alkanes) is 1. The third-order valence-electron chi connectivity index (χ3n) is 3.82. The topological polar surface area (TPSA) is 194 Å². The molecule has 0 bridgehead atoms. The van der Waals surface area contributed by atoms with Crippen molar-refractivity contribution < 1.29 is 39.3 Å². The number of hydrogen-bond acceptors (Lipinski definition) is 5. The predicted octanol–water partition coefficient (Wildman–Crippen LogP) is 2.63. The summed E-state index contributed by atoms with van der Waals surface area (Å²) in [5, 5.41) is 34.8. The van der Waals surface area contributed by atoms with Crippen molar-refractivity contribution in [2.24, 2.45) is 0 Å². The van der Waals surface area contributed by atoms with Crippen LogP contribution < -0.4 is 21.3 Å². The highest BCUT2D eigenvalue weighted by atomic mass is 16.4. The summed E-state index contributed by atoms with van der Waals surface area (Å²) in [6.07, 6.45) is 1.33. The summed E-state index contributed by atoms with van der Waals surface area (Å²) in [5.41, 5.74) is 1.75. The minimum atomic E-state index is -1.23. The number of carboxylic acid groups (broad SMARTS) is 3. The van der Waals surface area contributed by atoms with Gasteiger partial charge in [-0.25, -0.2) is 14.4 Å². The third kappa shape index (κ3) is 18.9. The quantitative estimate of drug-likeness (QED) is 0.233. The highest BCUT2D eigenvalue weighted by molar-refractivity contribution is 5.89. The van der Waals surface area contributed by atoms with Gasteiger partial charge in [-0.15, -0.1) is 0 Å². The fourth-order valence-electron chi connectivity index (χ4n) is 2.11. The molecule has 0 fully saturated rings. The molecule has 192 valence electrons. The Kier molecular flexibility index (Phi) is 18.9. The number of carboxylic acids is 3. The normalized spacial score (nSPS) is 10.1. The molecule has 12 nitrogen and oxygen atoms in total. The number of anilines is 1. The first kappa shape index (κ1) is 32.4. The van der Waals surface area contributed by atoms with Gasteiger partial charge in [-0.3, -0.25) is 9.59 Å². The Morgan fingerprint density at radius 2 is 1.41 bits per heavy atom. The van der Waals surface area contributed by atoms with Crippen molar-refractivity contribution in [1.29, 1.82) is 0 Å². The van der Waals surface area contributed by atoms with Crippen molar-refractivity contribution in [1.82, 2.24) is 16.0 Å². The number of carbonyl (C=O) groups is 5. The Morgan fingerprint density at radius 1 is 0.853 bits per heavy atom. The minimum Gasteiger partial charge on any atom is -0.481 e. The van der Waals surface area contributed by atoms with Crippen LogP contribution in [-0.2, 0) is 14.4 Å². The highest BCUT2D eigenvalue weighted by Gasteiger charge is 2.19. The summed E-state index contributed by atoms with van der Waals surface area (Å²) in [4.78, 5) is 54.0. The van der Waals surface area contributed by atoms with Gasteiger partial charge in [-0.1, -0.05) is 38.5 Å². The average molecular weight is 485 g/mol. The second kappa shape index (κ2) is 19.8. The molecule has 0 aliphatic rings. The Balaban J connectivity index is 0. The molecule has 0 aromatic heterocycles. The molecule has 0 saturated heterocycles. The van der Waals surface area contributed by atoms with Crippen LogP contribution in [0.4, 0.5) is 15.3 Å². The number of benzene rings is 1. The van der Waals surface area contributed by atoms with E-state index in [4.69, 9.17) is 15.3 Å². The fraction of sp³-hybridized carbons (Fsp3) is 0.500. The summed E-state index contributed by atoms with van der Waals surface area (Å²) >= 11 is 0. The Bertz CT molecular complexity index is 769. The number of aryl methyl sites for hydroxylation is 1. The first-order valence-electron chi connectivity index (χ1n) is 10.9. The van der Waals surface area contributed by atoms with Gasteiger partial charge in [0.25, 0.3) is 0 Å². The van der Waals surface area contributed by atoms with Gasteiger partial charge in [0, 0.05) is 18.7 Å². The summed E-state index contributed by atoms with van der Waals surface area (Å²) in [6, 6.07) is 4.96.